The highest BCUT2D eigenvalue weighted by Gasteiger charge is 2.17. The maximum absolute atomic E-state index is 12.3. The third-order valence-electron chi connectivity index (χ3n) is 5.37. The van der Waals surface area contributed by atoms with Crippen LogP contribution in [-0.4, -0.2) is 47.7 Å². The van der Waals surface area contributed by atoms with Crippen LogP contribution in [0, 0.1) is 18.3 Å². The standard InChI is InChI=1S/C26H27N7O2/c1-18-23(31-26(34)28-13-14-32(2)3)17-33-25(18)24(19(15-27)16-29-33)30-20-9-11-22(12-10-20)35-21-7-5-4-6-8-21/h4-12,16-17,30H,13-14H2,1-3H3,(H2,28,31,34). The van der Waals surface area contributed by atoms with Crippen LogP contribution in [0.2, 0.25) is 0 Å². The number of urea groups is 1. The molecule has 2 heterocycles. The third-order valence-corrected chi connectivity index (χ3v) is 5.37. The molecular weight excluding hydrogens is 442 g/mol. The Balaban J connectivity index is 1.56. The van der Waals surface area contributed by atoms with Crippen LogP contribution in [0.1, 0.15) is 11.1 Å². The first kappa shape index (κ1) is 23.6. The minimum atomic E-state index is -0.296. The van der Waals surface area contributed by atoms with Crippen LogP contribution in [0.5, 0.6) is 11.5 Å². The Morgan fingerprint density at radius 2 is 1.83 bits per heavy atom. The highest BCUT2D eigenvalue weighted by atomic mass is 16.5. The number of ether oxygens (including phenoxy) is 1. The van der Waals surface area contributed by atoms with Crippen molar-refractivity contribution in [2.75, 3.05) is 37.8 Å². The first-order valence-corrected chi connectivity index (χ1v) is 11.1. The lowest BCUT2D eigenvalue weighted by molar-refractivity contribution is 0.250. The summed E-state index contributed by atoms with van der Waals surface area (Å²) in [6, 6.07) is 18.9. The molecule has 0 bridgehead atoms. The molecule has 0 fully saturated rings. The molecule has 0 aliphatic carbocycles. The molecule has 0 unspecified atom stereocenters. The molecule has 0 spiro atoms. The molecule has 4 aromatic rings. The van der Waals surface area contributed by atoms with Crippen LogP contribution in [0.4, 0.5) is 21.9 Å². The van der Waals surface area contributed by atoms with Crippen molar-refractivity contribution in [3.63, 3.8) is 0 Å². The first-order valence-electron chi connectivity index (χ1n) is 11.1. The second-order valence-corrected chi connectivity index (χ2v) is 8.25. The molecule has 9 heteroatoms. The lowest BCUT2D eigenvalue weighted by Crippen LogP contribution is -2.34. The van der Waals surface area contributed by atoms with Gasteiger partial charge in [-0.25, -0.2) is 9.31 Å². The zero-order chi connectivity index (χ0) is 24.8. The molecule has 0 radical (unpaired) electrons. The highest BCUT2D eigenvalue weighted by molar-refractivity contribution is 5.94. The Morgan fingerprint density at radius 1 is 1.11 bits per heavy atom. The van der Waals surface area contributed by atoms with Crippen molar-refractivity contribution in [3.8, 4) is 17.6 Å². The van der Waals surface area contributed by atoms with E-state index >= 15 is 0 Å². The van der Waals surface area contributed by atoms with Gasteiger partial charge < -0.3 is 25.6 Å². The number of aromatic nitrogens is 2. The summed E-state index contributed by atoms with van der Waals surface area (Å²) in [5, 5.41) is 23.1. The van der Waals surface area contributed by atoms with Gasteiger partial charge in [0.2, 0.25) is 0 Å². The van der Waals surface area contributed by atoms with Gasteiger partial charge >= 0.3 is 6.03 Å². The number of aryl methyl sites for hydroxylation is 1. The maximum atomic E-state index is 12.3. The number of anilines is 3. The monoisotopic (exact) mass is 469 g/mol. The smallest absolute Gasteiger partial charge is 0.319 e. The largest absolute Gasteiger partial charge is 0.457 e. The number of carbonyl (C=O) groups excluding carboxylic acids is 1. The van der Waals surface area contributed by atoms with Gasteiger partial charge in [-0.2, -0.15) is 10.4 Å². The van der Waals surface area contributed by atoms with E-state index in [1.165, 1.54) is 6.20 Å². The molecule has 178 valence electrons. The number of fused-ring (bicyclic) bond motifs is 1. The average molecular weight is 470 g/mol. The van der Waals surface area contributed by atoms with Gasteiger partial charge in [0.25, 0.3) is 0 Å². The van der Waals surface area contributed by atoms with Gasteiger partial charge in [-0.3, -0.25) is 0 Å². The summed E-state index contributed by atoms with van der Waals surface area (Å²) in [6.07, 6.45) is 3.24. The number of likely N-dealkylation sites (N-methyl/N-ethyl adjacent to an activating group) is 1. The van der Waals surface area contributed by atoms with Crippen LogP contribution in [-0.2, 0) is 0 Å². The molecule has 3 N–H and O–H groups in total. The fourth-order valence-corrected chi connectivity index (χ4v) is 3.56. The molecule has 0 aliphatic rings. The van der Waals surface area contributed by atoms with Crippen molar-refractivity contribution in [2.45, 2.75) is 6.92 Å². The van der Waals surface area contributed by atoms with Crippen LogP contribution in [0.3, 0.4) is 0 Å². The Labute approximate surface area is 203 Å². The van der Waals surface area contributed by atoms with E-state index in [1.54, 1.807) is 10.7 Å². The summed E-state index contributed by atoms with van der Waals surface area (Å²) in [5.74, 6) is 1.46. The van der Waals surface area contributed by atoms with Gasteiger partial charge in [0.1, 0.15) is 17.6 Å². The molecule has 0 saturated heterocycles. The number of hydrogen-bond donors (Lipinski definition) is 3. The van der Waals surface area contributed by atoms with E-state index in [9.17, 15) is 10.1 Å². The Bertz CT molecular complexity index is 1360. The minimum absolute atomic E-state index is 0.296. The first-order chi connectivity index (χ1) is 16.9. The molecule has 2 aromatic heterocycles. The van der Waals surface area contributed by atoms with Gasteiger partial charge in [-0.15, -0.1) is 0 Å². The fraction of sp³-hybridized carbons (Fsp3) is 0.192. The minimum Gasteiger partial charge on any atom is -0.457 e. The van der Waals surface area contributed by atoms with E-state index in [-0.39, 0.29) is 6.03 Å². The van der Waals surface area contributed by atoms with Gasteiger partial charge in [0, 0.05) is 24.3 Å². The second-order valence-electron chi connectivity index (χ2n) is 8.25. The van der Waals surface area contributed by atoms with E-state index in [2.05, 4.69) is 27.1 Å². The summed E-state index contributed by atoms with van der Waals surface area (Å²) in [4.78, 5) is 14.3. The number of carbonyl (C=O) groups is 1. The summed E-state index contributed by atoms with van der Waals surface area (Å²) in [7, 11) is 3.89. The Kier molecular flexibility index (Phi) is 7.14. The number of nitriles is 1. The Hall–Kier alpha value is -4.55. The molecular formula is C26H27N7O2. The van der Waals surface area contributed by atoms with Crippen LogP contribution >= 0.6 is 0 Å². The number of para-hydroxylation sites is 1. The van der Waals surface area contributed by atoms with Crippen molar-refractivity contribution in [1.82, 2.24) is 19.8 Å². The topological polar surface area (TPSA) is 107 Å². The second kappa shape index (κ2) is 10.6. The van der Waals surface area contributed by atoms with E-state index in [1.807, 2.05) is 80.5 Å². The molecule has 0 aliphatic heterocycles. The normalized spacial score (nSPS) is 10.7. The van der Waals surface area contributed by atoms with Gasteiger partial charge in [-0.05, 0) is 57.4 Å². The van der Waals surface area contributed by atoms with Crippen LogP contribution in [0.15, 0.2) is 67.0 Å². The number of hydrogen-bond acceptors (Lipinski definition) is 6. The van der Waals surface area contributed by atoms with Gasteiger partial charge in [0.15, 0.2) is 0 Å². The lowest BCUT2D eigenvalue weighted by Gasteiger charge is -2.12. The quantitative estimate of drug-likeness (QED) is 0.344. The summed E-state index contributed by atoms with van der Waals surface area (Å²) >= 11 is 0. The lowest BCUT2D eigenvalue weighted by atomic mass is 10.1. The highest BCUT2D eigenvalue weighted by Crippen LogP contribution is 2.33. The predicted octanol–water partition coefficient (Wildman–Crippen LogP) is 4.73. The SMILES string of the molecule is Cc1c(NC(=O)NCCN(C)C)cn2ncc(C#N)c(Nc3ccc(Oc4ccccc4)cc3)c12. The van der Waals surface area contributed by atoms with Crippen molar-refractivity contribution < 1.29 is 9.53 Å². The van der Waals surface area contributed by atoms with E-state index in [4.69, 9.17) is 4.74 Å². The number of amides is 2. The average Bonchev–Trinajstić information content (AvgIpc) is 3.16. The Morgan fingerprint density at radius 3 is 2.51 bits per heavy atom. The number of nitrogens with one attached hydrogen (secondary N) is 3. The van der Waals surface area contributed by atoms with Crippen LogP contribution in [0.25, 0.3) is 5.52 Å². The van der Waals surface area contributed by atoms with Gasteiger partial charge in [0.05, 0.1) is 34.8 Å². The zero-order valence-corrected chi connectivity index (χ0v) is 19.9. The number of benzene rings is 2. The van der Waals surface area contributed by atoms with E-state index in [0.717, 1.165) is 23.5 Å². The number of nitrogens with zero attached hydrogens (tertiary/aromatic N) is 4. The maximum Gasteiger partial charge on any atom is 0.319 e. The van der Waals surface area contributed by atoms with Crippen LogP contribution < -0.4 is 20.7 Å². The molecule has 0 saturated carbocycles. The van der Waals surface area contributed by atoms with Crippen molar-refractivity contribution in [3.05, 3.63) is 78.1 Å². The molecule has 0 atom stereocenters. The fourth-order valence-electron chi connectivity index (χ4n) is 3.56. The molecule has 2 aromatic carbocycles. The molecule has 4 rings (SSSR count). The summed E-state index contributed by atoms with van der Waals surface area (Å²) in [5.41, 5.74) is 3.90. The number of rotatable bonds is 8. The zero-order valence-electron chi connectivity index (χ0n) is 19.9. The predicted molar refractivity (Wildman–Crippen MR) is 136 cm³/mol. The van der Waals surface area contributed by atoms with Crippen molar-refractivity contribution >= 4 is 28.6 Å². The van der Waals surface area contributed by atoms with E-state index in [0.29, 0.717) is 34.7 Å². The van der Waals surface area contributed by atoms with Crippen molar-refractivity contribution in [2.24, 2.45) is 0 Å². The molecule has 9 nitrogen and oxygen atoms in total. The summed E-state index contributed by atoms with van der Waals surface area (Å²) in [6.45, 7) is 3.15. The van der Waals surface area contributed by atoms with Gasteiger partial charge in [-0.1, -0.05) is 18.2 Å². The summed E-state index contributed by atoms with van der Waals surface area (Å²) < 4.78 is 7.51. The van der Waals surface area contributed by atoms with Crippen molar-refractivity contribution in [1.29, 1.82) is 5.26 Å². The third kappa shape index (κ3) is 5.69. The van der Waals surface area contributed by atoms with E-state index < -0.39 is 0 Å². The molecule has 2 amide bonds. The molecule has 35 heavy (non-hydrogen) atoms.